The van der Waals surface area contributed by atoms with Gasteiger partial charge in [-0.2, -0.15) is 0 Å². The Morgan fingerprint density at radius 1 is 1.35 bits per heavy atom. The monoisotopic (exact) mass is 263 g/mol. The fourth-order valence-electron chi connectivity index (χ4n) is 0.832. The second-order valence-corrected chi connectivity index (χ2v) is 5.57. The molecule has 0 saturated heterocycles. The van der Waals surface area contributed by atoms with Crippen molar-refractivity contribution in [1.29, 1.82) is 0 Å². The van der Waals surface area contributed by atoms with Gasteiger partial charge in [0.05, 0.1) is 5.75 Å². The zero-order valence-electron chi connectivity index (χ0n) is 9.94. The van der Waals surface area contributed by atoms with Gasteiger partial charge in [-0.1, -0.05) is 0 Å². The molecule has 0 aliphatic heterocycles. The fraction of sp³-hybridized carbons (Fsp3) is 0.667. The summed E-state index contributed by atoms with van der Waals surface area (Å²) in [6.45, 7) is 4.54. The van der Waals surface area contributed by atoms with Gasteiger partial charge in [0.1, 0.15) is 6.04 Å². The summed E-state index contributed by atoms with van der Waals surface area (Å²) in [5.74, 6) is -1.92. The lowest BCUT2D eigenvalue weighted by molar-refractivity contribution is -0.139. The van der Waals surface area contributed by atoms with Crippen molar-refractivity contribution in [2.24, 2.45) is 5.73 Å². The fourth-order valence-corrected chi connectivity index (χ4v) is 1.69. The average Bonchev–Trinajstić information content (AvgIpc) is 2.22. The quantitative estimate of drug-likeness (QED) is 0.476. The highest BCUT2D eigenvalue weighted by Crippen LogP contribution is 2.26. The summed E-state index contributed by atoms with van der Waals surface area (Å²) >= 11 is 1.11. The van der Waals surface area contributed by atoms with Crippen LogP contribution in [-0.2, 0) is 14.4 Å². The largest absolute Gasteiger partial charge is 0.480 e. The standard InChI is InChI=1S/C9H17N3O4S/c1-5(13)11-12-6(14)4-17-9(2,3)7(10)8(15)16/h7H,4,10H2,1-3H3,(H,11,13)(H,12,14)(H,15,16)/t7-/m0/s1. The SMILES string of the molecule is CC(=O)NNC(=O)CSC(C)(C)[C@@H](N)C(=O)O. The van der Waals surface area contributed by atoms with E-state index >= 15 is 0 Å². The first-order valence-electron chi connectivity index (χ1n) is 4.84. The van der Waals surface area contributed by atoms with Gasteiger partial charge in [0.2, 0.25) is 11.8 Å². The first-order chi connectivity index (χ1) is 7.66. The number of carboxylic acids is 1. The molecule has 8 heteroatoms. The number of rotatable bonds is 5. The number of amides is 2. The molecular formula is C9H17N3O4S. The van der Waals surface area contributed by atoms with Crippen LogP contribution in [-0.4, -0.2) is 39.4 Å². The van der Waals surface area contributed by atoms with Crippen molar-refractivity contribution in [3.05, 3.63) is 0 Å². The molecule has 0 saturated carbocycles. The minimum atomic E-state index is -1.12. The molecule has 0 rings (SSSR count). The number of carbonyl (C=O) groups excluding carboxylic acids is 2. The lowest BCUT2D eigenvalue weighted by atomic mass is 10.1. The van der Waals surface area contributed by atoms with Gasteiger partial charge < -0.3 is 10.8 Å². The maximum Gasteiger partial charge on any atom is 0.321 e. The number of thioether (sulfide) groups is 1. The second kappa shape index (κ2) is 6.45. The Hall–Kier alpha value is -1.28. The van der Waals surface area contributed by atoms with E-state index in [2.05, 4.69) is 10.9 Å². The molecule has 0 aliphatic rings. The van der Waals surface area contributed by atoms with Crippen molar-refractivity contribution < 1.29 is 19.5 Å². The maximum absolute atomic E-state index is 11.3. The van der Waals surface area contributed by atoms with Crippen LogP contribution in [0.15, 0.2) is 0 Å². The van der Waals surface area contributed by atoms with Gasteiger partial charge in [-0.15, -0.1) is 11.8 Å². The number of hydrogen-bond acceptors (Lipinski definition) is 5. The van der Waals surface area contributed by atoms with Gasteiger partial charge >= 0.3 is 5.97 Å². The summed E-state index contributed by atoms with van der Waals surface area (Å²) in [5.41, 5.74) is 9.79. The number of carbonyl (C=O) groups is 3. The van der Waals surface area contributed by atoms with E-state index in [1.807, 2.05) is 0 Å². The van der Waals surface area contributed by atoms with Crippen LogP contribution >= 0.6 is 11.8 Å². The second-order valence-electron chi connectivity index (χ2n) is 3.94. The van der Waals surface area contributed by atoms with Crippen molar-refractivity contribution in [2.75, 3.05) is 5.75 Å². The Labute approximate surface area is 103 Å². The molecule has 0 radical (unpaired) electrons. The van der Waals surface area contributed by atoms with E-state index in [0.717, 1.165) is 11.8 Å². The highest BCUT2D eigenvalue weighted by molar-refractivity contribution is 8.01. The van der Waals surface area contributed by atoms with Crippen molar-refractivity contribution in [3.8, 4) is 0 Å². The number of nitrogens with one attached hydrogen (secondary N) is 2. The maximum atomic E-state index is 11.3. The van der Waals surface area contributed by atoms with E-state index < -0.39 is 22.7 Å². The van der Waals surface area contributed by atoms with E-state index in [4.69, 9.17) is 10.8 Å². The number of aliphatic carboxylic acids is 1. The first kappa shape index (κ1) is 15.7. The zero-order valence-corrected chi connectivity index (χ0v) is 10.8. The van der Waals surface area contributed by atoms with Gasteiger partial charge in [-0.25, -0.2) is 0 Å². The topological polar surface area (TPSA) is 122 Å². The molecule has 0 fully saturated rings. The summed E-state index contributed by atoms with van der Waals surface area (Å²) in [6.07, 6.45) is 0. The molecule has 17 heavy (non-hydrogen) atoms. The van der Waals surface area contributed by atoms with Gasteiger partial charge in [0.25, 0.3) is 0 Å². The lowest BCUT2D eigenvalue weighted by Gasteiger charge is -2.27. The predicted octanol–water partition coefficient (Wildman–Crippen LogP) is -0.923. The summed E-state index contributed by atoms with van der Waals surface area (Å²) < 4.78 is -0.778. The summed E-state index contributed by atoms with van der Waals surface area (Å²) in [7, 11) is 0. The molecule has 5 N–H and O–H groups in total. The molecule has 0 aliphatic carbocycles. The molecular weight excluding hydrogens is 246 g/mol. The summed E-state index contributed by atoms with van der Waals surface area (Å²) in [6, 6.07) is -1.07. The Kier molecular flexibility index (Phi) is 5.97. The Balaban J connectivity index is 4.13. The third-order valence-electron chi connectivity index (χ3n) is 1.97. The van der Waals surface area contributed by atoms with Crippen LogP contribution in [0.3, 0.4) is 0 Å². The van der Waals surface area contributed by atoms with Crippen LogP contribution in [0.2, 0.25) is 0 Å². The predicted molar refractivity (Wildman–Crippen MR) is 64.1 cm³/mol. The molecule has 7 nitrogen and oxygen atoms in total. The van der Waals surface area contributed by atoms with Crippen LogP contribution in [0, 0.1) is 0 Å². The number of nitrogens with two attached hydrogens (primary N) is 1. The van der Waals surface area contributed by atoms with E-state index in [1.165, 1.54) is 6.92 Å². The highest BCUT2D eigenvalue weighted by atomic mass is 32.2. The first-order valence-corrected chi connectivity index (χ1v) is 5.83. The molecule has 0 bridgehead atoms. The van der Waals surface area contributed by atoms with E-state index in [0.29, 0.717) is 0 Å². The average molecular weight is 263 g/mol. The molecule has 0 aromatic heterocycles. The molecule has 0 spiro atoms. The molecule has 0 aromatic rings. The minimum absolute atomic E-state index is 0.00819. The highest BCUT2D eigenvalue weighted by Gasteiger charge is 2.33. The van der Waals surface area contributed by atoms with Crippen LogP contribution < -0.4 is 16.6 Å². The van der Waals surface area contributed by atoms with Gasteiger partial charge in [0.15, 0.2) is 0 Å². The smallest absolute Gasteiger partial charge is 0.321 e. The lowest BCUT2D eigenvalue weighted by Crippen LogP contribution is -2.48. The molecule has 2 amide bonds. The molecule has 98 valence electrons. The van der Waals surface area contributed by atoms with Crippen LogP contribution in [0.4, 0.5) is 0 Å². The zero-order chi connectivity index (χ0) is 13.6. The molecule has 0 unspecified atom stereocenters. The third kappa shape index (κ3) is 6.12. The van der Waals surface area contributed by atoms with E-state index in [-0.39, 0.29) is 11.7 Å². The van der Waals surface area contributed by atoms with Crippen molar-refractivity contribution in [1.82, 2.24) is 10.9 Å². The van der Waals surface area contributed by atoms with E-state index in [1.54, 1.807) is 13.8 Å². The van der Waals surface area contributed by atoms with Crippen molar-refractivity contribution in [2.45, 2.75) is 31.6 Å². The Morgan fingerprint density at radius 2 is 1.88 bits per heavy atom. The summed E-state index contributed by atoms with van der Waals surface area (Å²) in [4.78, 5) is 32.5. The molecule has 0 aromatic carbocycles. The number of hydrogen-bond donors (Lipinski definition) is 4. The molecule has 1 atom stereocenters. The normalized spacial score (nSPS) is 12.7. The van der Waals surface area contributed by atoms with E-state index in [9.17, 15) is 14.4 Å². The molecule has 0 heterocycles. The van der Waals surface area contributed by atoms with Crippen molar-refractivity contribution >= 4 is 29.5 Å². The van der Waals surface area contributed by atoms with Crippen molar-refractivity contribution in [3.63, 3.8) is 0 Å². The number of hydrazine groups is 1. The number of carboxylic acid groups (broad SMARTS) is 1. The Bertz CT molecular complexity index is 319. The third-order valence-corrected chi connectivity index (χ3v) is 3.37. The minimum Gasteiger partial charge on any atom is -0.480 e. The Morgan fingerprint density at radius 3 is 2.29 bits per heavy atom. The van der Waals surface area contributed by atoms with Crippen LogP contribution in [0.5, 0.6) is 0 Å². The summed E-state index contributed by atoms with van der Waals surface area (Å²) in [5, 5.41) is 8.76. The van der Waals surface area contributed by atoms with Gasteiger partial charge in [-0.3, -0.25) is 25.2 Å². The van der Waals surface area contributed by atoms with Crippen LogP contribution in [0.25, 0.3) is 0 Å². The van der Waals surface area contributed by atoms with Gasteiger partial charge in [-0.05, 0) is 13.8 Å². The van der Waals surface area contributed by atoms with Crippen LogP contribution in [0.1, 0.15) is 20.8 Å². The van der Waals surface area contributed by atoms with Gasteiger partial charge in [0, 0.05) is 11.7 Å².